The second-order valence-corrected chi connectivity index (χ2v) is 5.14. The molecule has 1 heterocycles. The molecule has 0 aliphatic carbocycles. The van der Waals surface area contributed by atoms with Crippen molar-refractivity contribution in [3.63, 3.8) is 0 Å². The molecule has 0 aliphatic heterocycles. The summed E-state index contributed by atoms with van der Waals surface area (Å²) in [6, 6.07) is 9.48. The van der Waals surface area contributed by atoms with E-state index in [9.17, 15) is 14.0 Å². The monoisotopic (exact) mass is 315 g/mol. The van der Waals surface area contributed by atoms with Crippen LogP contribution in [0.25, 0.3) is 0 Å². The van der Waals surface area contributed by atoms with Crippen LogP contribution in [0.15, 0.2) is 36.4 Å². The van der Waals surface area contributed by atoms with Gasteiger partial charge in [-0.2, -0.15) is 0 Å². The molecular formula is C17H18FN3O2. The van der Waals surface area contributed by atoms with Crippen LogP contribution in [-0.4, -0.2) is 29.9 Å². The van der Waals surface area contributed by atoms with Crippen molar-refractivity contribution >= 4 is 11.8 Å². The average Bonchev–Trinajstić information content (AvgIpc) is 2.53. The molecule has 1 aromatic carbocycles. The van der Waals surface area contributed by atoms with Gasteiger partial charge in [-0.25, -0.2) is 9.37 Å². The van der Waals surface area contributed by atoms with Crippen molar-refractivity contribution in [2.75, 3.05) is 13.1 Å². The summed E-state index contributed by atoms with van der Waals surface area (Å²) in [6.45, 7) is 3.93. The summed E-state index contributed by atoms with van der Waals surface area (Å²) in [7, 11) is 0. The smallest absolute Gasteiger partial charge is 0.269 e. The van der Waals surface area contributed by atoms with E-state index in [-0.39, 0.29) is 30.5 Å². The molecule has 0 bridgehead atoms. The third-order valence-corrected chi connectivity index (χ3v) is 3.25. The largest absolute Gasteiger partial charge is 0.350 e. The van der Waals surface area contributed by atoms with Crippen LogP contribution >= 0.6 is 0 Å². The Hall–Kier alpha value is -2.76. The summed E-state index contributed by atoms with van der Waals surface area (Å²) in [4.78, 5) is 27.8. The Bertz CT molecular complexity index is 732. The summed E-state index contributed by atoms with van der Waals surface area (Å²) >= 11 is 0. The predicted octanol–water partition coefficient (Wildman–Crippen LogP) is 2.00. The van der Waals surface area contributed by atoms with Crippen molar-refractivity contribution in [1.29, 1.82) is 0 Å². The van der Waals surface area contributed by atoms with E-state index in [0.717, 1.165) is 5.69 Å². The Balaban J connectivity index is 1.79. The maximum Gasteiger partial charge on any atom is 0.269 e. The van der Waals surface area contributed by atoms with Gasteiger partial charge in [-0.05, 0) is 43.7 Å². The van der Waals surface area contributed by atoms with Crippen LogP contribution in [0.4, 0.5) is 4.39 Å². The maximum atomic E-state index is 13.4. The Labute approximate surface area is 133 Å². The molecule has 5 nitrogen and oxygen atoms in total. The molecule has 0 spiro atoms. The standard InChI is InChI=1S/C17H18FN3O2/c1-11-6-7-13(10-14(11)18)16(22)19-8-9-20-17(23)15-5-3-4-12(2)21-15/h3-7,10H,8-9H2,1-2H3,(H,19,22)(H,20,23). The summed E-state index contributed by atoms with van der Waals surface area (Å²) in [5.41, 5.74) is 1.82. The van der Waals surface area contributed by atoms with Crippen molar-refractivity contribution in [3.8, 4) is 0 Å². The van der Waals surface area contributed by atoms with Crippen LogP contribution < -0.4 is 10.6 Å². The molecule has 6 heteroatoms. The first-order valence-corrected chi connectivity index (χ1v) is 7.23. The number of aryl methyl sites for hydroxylation is 2. The van der Waals surface area contributed by atoms with Gasteiger partial charge in [-0.3, -0.25) is 9.59 Å². The second kappa shape index (κ2) is 7.49. The van der Waals surface area contributed by atoms with Crippen LogP contribution in [0.1, 0.15) is 32.1 Å². The summed E-state index contributed by atoms with van der Waals surface area (Å²) in [5, 5.41) is 5.29. The highest BCUT2D eigenvalue weighted by Crippen LogP contribution is 2.08. The lowest BCUT2D eigenvalue weighted by atomic mass is 10.1. The number of hydrogen-bond acceptors (Lipinski definition) is 3. The molecule has 2 amide bonds. The van der Waals surface area contributed by atoms with E-state index in [0.29, 0.717) is 11.3 Å². The Kier molecular flexibility index (Phi) is 5.41. The van der Waals surface area contributed by atoms with Gasteiger partial charge in [-0.1, -0.05) is 12.1 Å². The lowest BCUT2D eigenvalue weighted by molar-refractivity contribution is 0.0925. The number of carbonyl (C=O) groups excluding carboxylic acids is 2. The van der Waals surface area contributed by atoms with E-state index in [2.05, 4.69) is 15.6 Å². The van der Waals surface area contributed by atoms with Gasteiger partial charge in [0.25, 0.3) is 11.8 Å². The maximum absolute atomic E-state index is 13.4. The summed E-state index contributed by atoms with van der Waals surface area (Å²) in [6.07, 6.45) is 0. The molecule has 0 aliphatic rings. The van der Waals surface area contributed by atoms with Crippen LogP contribution in [0.5, 0.6) is 0 Å². The lowest BCUT2D eigenvalue weighted by Gasteiger charge is -2.08. The fourth-order valence-electron chi connectivity index (χ4n) is 1.95. The SMILES string of the molecule is Cc1cccc(C(=O)NCCNC(=O)c2ccc(C)c(F)c2)n1. The van der Waals surface area contributed by atoms with E-state index in [1.807, 2.05) is 0 Å². The molecule has 0 saturated heterocycles. The van der Waals surface area contributed by atoms with Gasteiger partial charge in [0.2, 0.25) is 0 Å². The first-order chi connectivity index (χ1) is 11.0. The highest BCUT2D eigenvalue weighted by atomic mass is 19.1. The Morgan fingerprint density at radius 2 is 1.74 bits per heavy atom. The van der Waals surface area contributed by atoms with Crippen LogP contribution in [0, 0.1) is 19.7 Å². The van der Waals surface area contributed by atoms with Gasteiger partial charge in [0.1, 0.15) is 11.5 Å². The molecule has 2 rings (SSSR count). The molecule has 2 aromatic rings. The zero-order valence-electron chi connectivity index (χ0n) is 13.0. The minimum atomic E-state index is -0.420. The van der Waals surface area contributed by atoms with Crippen molar-refractivity contribution in [2.24, 2.45) is 0 Å². The second-order valence-electron chi connectivity index (χ2n) is 5.14. The molecular weight excluding hydrogens is 297 g/mol. The number of nitrogens with one attached hydrogen (secondary N) is 2. The number of halogens is 1. The zero-order valence-corrected chi connectivity index (χ0v) is 13.0. The molecule has 0 atom stereocenters. The summed E-state index contributed by atoms with van der Waals surface area (Å²) < 4.78 is 13.4. The van der Waals surface area contributed by atoms with Gasteiger partial charge < -0.3 is 10.6 Å². The highest BCUT2D eigenvalue weighted by molar-refractivity contribution is 5.94. The minimum absolute atomic E-state index is 0.242. The number of aromatic nitrogens is 1. The van der Waals surface area contributed by atoms with E-state index in [4.69, 9.17) is 0 Å². The fourth-order valence-corrected chi connectivity index (χ4v) is 1.95. The molecule has 0 saturated carbocycles. The highest BCUT2D eigenvalue weighted by Gasteiger charge is 2.09. The normalized spacial score (nSPS) is 10.2. The lowest BCUT2D eigenvalue weighted by Crippen LogP contribution is -2.35. The van der Waals surface area contributed by atoms with E-state index in [1.54, 1.807) is 44.2 Å². The van der Waals surface area contributed by atoms with Gasteiger partial charge in [0.15, 0.2) is 0 Å². The molecule has 2 N–H and O–H groups in total. The number of benzene rings is 1. The van der Waals surface area contributed by atoms with E-state index in [1.165, 1.54) is 6.07 Å². The van der Waals surface area contributed by atoms with Gasteiger partial charge in [0.05, 0.1) is 0 Å². The number of nitrogens with zero attached hydrogens (tertiary/aromatic N) is 1. The topological polar surface area (TPSA) is 71.1 Å². The van der Waals surface area contributed by atoms with Crippen LogP contribution in [0.3, 0.4) is 0 Å². The predicted molar refractivity (Wildman–Crippen MR) is 84.8 cm³/mol. The minimum Gasteiger partial charge on any atom is -0.350 e. The van der Waals surface area contributed by atoms with E-state index >= 15 is 0 Å². The van der Waals surface area contributed by atoms with Crippen molar-refractivity contribution < 1.29 is 14.0 Å². The summed E-state index contributed by atoms with van der Waals surface area (Å²) in [5.74, 6) is -1.10. The Morgan fingerprint density at radius 3 is 2.39 bits per heavy atom. The number of hydrogen-bond donors (Lipinski definition) is 2. The van der Waals surface area contributed by atoms with Gasteiger partial charge in [-0.15, -0.1) is 0 Å². The quantitative estimate of drug-likeness (QED) is 0.829. The first kappa shape index (κ1) is 16.6. The molecule has 0 unspecified atom stereocenters. The molecule has 0 fully saturated rings. The Morgan fingerprint density at radius 1 is 1.04 bits per heavy atom. The van der Waals surface area contributed by atoms with E-state index < -0.39 is 5.82 Å². The molecule has 120 valence electrons. The number of amides is 2. The number of rotatable bonds is 5. The van der Waals surface area contributed by atoms with Gasteiger partial charge in [0, 0.05) is 24.3 Å². The average molecular weight is 315 g/mol. The zero-order chi connectivity index (χ0) is 16.8. The number of pyridine rings is 1. The third kappa shape index (κ3) is 4.60. The third-order valence-electron chi connectivity index (χ3n) is 3.25. The van der Waals surface area contributed by atoms with Gasteiger partial charge >= 0.3 is 0 Å². The first-order valence-electron chi connectivity index (χ1n) is 7.23. The molecule has 1 aromatic heterocycles. The fraction of sp³-hybridized carbons (Fsp3) is 0.235. The van der Waals surface area contributed by atoms with Crippen molar-refractivity contribution in [1.82, 2.24) is 15.6 Å². The van der Waals surface area contributed by atoms with Crippen molar-refractivity contribution in [2.45, 2.75) is 13.8 Å². The number of carbonyl (C=O) groups is 2. The van der Waals surface area contributed by atoms with Crippen LogP contribution in [-0.2, 0) is 0 Å². The molecule has 0 radical (unpaired) electrons. The van der Waals surface area contributed by atoms with Crippen LogP contribution in [0.2, 0.25) is 0 Å². The van der Waals surface area contributed by atoms with Crippen molar-refractivity contribution in [3.05, 3.63) is 64.7 Å². The molecule has 23 heavy (non-hydrogen) atoms.